The number of hydrogen-bond donors (Lipinski definition) is 2. The second-order valence-electron chi connectivity index (χ2n) is 2.72. The summed E-state index contributed by atoms with van der Waals surface area (Å²) in [5, 5.41) is 8.61. The van der Waals surface area contributed by atoms with Gasteiger partial charge in [-0.2, -0.15) is 0 Å². The largest absolute Gasteiger partial charge is 0.493 e. The second kappa shape index (κ2) is 5.47. The van der Waals surface area contributed by atoms with Crippen LogP contribution in [0.1, 0.15) is 12.5 Å². The van der Waals surface area contributed by atoms with Gasteiger partial charge in [0, 0.05) is 12.1 Å². The Bertz CT molecular complexity index is 264. The van der Waals surface area contributed by atoms with Crippen LogP contribution in [0, 0.1) is 0 Å². The zero-order chi connectivity index (χ0) is 10.4. The maximum Gasteiger partial charge on any atom is 0.165 e. The van der Waals surface area contributed by atoms with Crippen molar-refractivity contribution in [1.29, 1.82) is 0 Å². The number of ether oxygens (including phenoxy) is 2. The van der Waals surface area contributed by atoms with Crippen molar-refractivity contribution in [3.05, 3.63) is 23.8 Å². The highest BCUT2D eigenvalue weighted by molar-refractivity contribution is 5.46. The van der Waals surface area contributed by atoms with E-state index in [0.29, 0.717) is 24.7 Å². The summed E-state index contributed by atoms with van der Waals surface area (Å²) in [6.45, 7) is 2.84. The smallest absolute Gasteiger partial charge is 0.165 e. The summed E-state index contributed by atoms with van der Waals surface area (Å²) in [6.07, 6.45) is 0. The van der Waals surface area contributed by atoms with E-state index in [4.69, 9.17) is 14.7 Å². The molecule has 1 rings (SSSR count). The number of para-hydroxylation sites is 1. The molecule has 0 bridgehead atoms. The van der Waals surface area contributed by atoms with E-state index < -0.39 is 0 Å². The van der Waals surface area contributed by atoms with Crippen LogP contribution in [0.15, 0.2) is 18.2 Å². The van der Waals surface area contributed by atoms with Gasteiger partial charge >= 0.3 is 0 Å². The maximum absolute atomic E-state index is 8.61. The molecule has 0 radical (unpaired) electrons. The van der Waals surface area contributed by atoms with E-state index in [1.807, 2.05) is 25.1 Å². The van der Waals surface area contributed by atoms with Crippen molar-refractivity contribution in [2.24, 2.45) is 0 Å². The van der Waals surface area contributed by atoms with Gasteiger partial charge in [0.15, 0.2) is 11.5 Å². The minimum Gasteiger partial charge on any atom is -0.493 e. The molecular weight excluding hydrogens is 182 g/mol. The summed E-state index contributed by atoms with van der Waals surface area (Å²) in [7, 11) is 1.58. The third-order valence-corrected chi connectivity index (χ3v) is 1.83. The predicted molar refractivity (Wildman–Crippen MR) is 52.8 cm³/mol. The van der Waals surface area contributed by atoms with Gasteiger partial charge in [-0.1, -0.05) is 12.1 Å². The number of nitrogens with one attached hydrogen (secondary N) is 1. The Kier molecular flexibility index (Phi) is 4.22. The van der Waals surface area contributed by atoms with E-state index in [1.165, 1.54) is 0 Å². The average molecular weight is 197 g/mol. The van der Waals surface area contributed by atoms with Crippen LogP contribution in [0.25, 0.3) is 0 Å². The molecule has 14 heavy (non-hydrogen) atoms. The SMILES string of the molecule is CCOc1cccc(CNO)c1OC. The van der Waals surface area contributed by atoms with Crippen LogP contribution in [0.4, 0.5) is 0 Å². The molecule has 0 aromatic heterocycles. The molecule has 0 heterocycles. The highest BCUT2D eigenvalue weighted by Gasteiger charge is 2.08. The van der Waals surface area contributed by atoms with E-state index in [2.05, 4.69) is 5.48 Å². The summed E-state index contributed by atoms with van der Waals surface area (Å²) in [5.74, 6) is 1.36. The van der Waals surface area contributed by atoms with Gasteiger partial charge in [0.25, 0.3) is 0 Å². The predicted octanol–water partition coefficient (Wildman–Crippen LogP) is 1.57. The van der Waals surface area contributed by atoms with Crippen LogP contribution >= 0.6 is 0 Å². The summed E-state index contributed by atoms with van der Waals surface area (Å²) in [5.41, 5.74) is 2.95. The lowest BCUT2D eigenvalue weighted by Crippen LogP contribution is -2.08. The van der Waals surface area contributed by atoms with Crippen molar-refractivity contribution in [3.8, 4) is 11.5 Å². The lowest BCUT2D eigenvalue weighted by Gasteiger charge is -2.12. The van der Waals surface area contributed by atoms with E-state index >= 15 is 0 Å². The van der Waals surface area contributed by atoms with Gasteiger partial charge in [0.2, 0.25) is 0 Å². The van der Waals surface area contributed by atoms with Gasteiger partial charge in [-0.05, 0) is 13.0 Å². The third-order valence-electron chi connectivity index (χ3n) is 1.83. The molecule has 4 heteroatoms. The Balaban J connectivity index is 2.98. The van der Waals surface area contributed by atoms with Crippen molar-refractivity contribution >= 4 is 0 Å². The Labute approximate surface area is 83.4 Å². The lowest BCUT2D eigenvalue weighted by molar-refractivity contribution is 0.160. The number of benzene rings is 1. The molecule has 1 aromatic carbocycles. The van der Waals surface area contributed by atoms with Crippen LogP contribution in [0.3, 0.4) is 0 Å². The summed E-state index contributed by atoms with van der Waals surface area (Å²) in [6, 6.07) is 5.56. The number of hydrogen-bond acceptors (Lipinski definition) is 4. The Morgan fingerprint density at radius 2 is 2.21 bits per heavy atom. The van der Waals surface area contributed by atoms with Gasteiger partial charge in [-0.15, -0.1) is 0 Å². The molecule has 0 atom stereocenters. The van der Waals surface area contributed by atoms with Crippen molar-refractivity contribution in [1.82, 2.24) is 5.48 Å². The van der Waals surface area contributed by atoms with E-state index in [9.17, 15) is 0 Å². The monoisotopic (exact) mass is 197 g/mol. The molecule has 0 amide bonds. The molecule has 0 unspecified atom stereocenters. The number of rotatable bonds is 5. The van der Waals surface area contributed by atoms with Gasteiger partial charge in [-0.3, -0.25) is 0 Å². The van der Waals surface area contributed by atoms with Crippen molar-refractivity contribution in [2.75, 3.05) is 13.7 Å². The van der Waals surface area contributed by atoms with Gasteiger partial charge in [-0.25, -0.2) is 5.48 Å². The molecule has 0 aliphatic carbocycles. The molecule has 78 valence electrons. The summed E-state index contributed by atoms with van der Waals surface area (Å²) in [4.78, 5) is 0. The fourth-order valence-corrected chi connectivity index (χ4v) is 1.29. The van der Waals surface area contributed by atoms with Crippen LogP contribution in [0.2, 0.25) is 0 Å². The molecule has 0 saturated heterocycles. The molecule has 2 N–H and O–H groups in total. The van der Waals surface area contributed by atoms with Crippen LogP contribution < -0.4 is 15.0 Å². The van der Waals surface area contributed by atoms with E-state index in [1.54, 1.807) is 7.11 Å². The van der Waals surface area contributed by atoms with Crippen LogP contribution in [-0.4, -0.2) is 18.9 Å². The van der Waals surface area contributed by atoms with Crippen LogP contribution in [0.5, 0.6) is 11.5 Å². The van der Waals surface area contributed by atoms with Crippen molar-refractivity contribution < 1.29 is 14.7 Å². The van der Waals surface area contributed by atoms with Crippen LogP contribution in [-0.2, 0) is 6.54 Å². The first-order chi connectivity index (χ1) is 6.83. The zero-order valence-corrected chi connectivity index (χ0v) is 8.41. The Hall–Kier alpha value is -1.26. The highest BCUT2D eigenvalue weighted by Crippen LogP contribution is 2.30. The fourth-order valence-electron chi connectivity index (χ4n) is 1.29. The molecule has 1 aromatic rings. The first-order valence-corrected chi connectivity index (χ1v) is 4.49. The standard InChI is InChI=1S/C10H15NO3/c1-3-14-9-6-4-5-8(7-11-12)10(9)13-2/h4-6,11-12H,3,7H2,1-2H3. The van der Waals surface area contributed by atoms with Gasteiger partial charge < -0.3 is 14.7 Å². The molecular formula is C10H15NO3. The van der Waals surface area contributed by atoms with E-state index in [-0.39, 0.29) is 0 Å². The molecule has 0 spiro atoms. The first kappa shape index (κ1) is 10.8. The molecule has 0 saturated carbocycles. The number of hydroxylamine groups is 1. The first-order valence-electron chi connectivity index (χ1n) is 4.49. The average Bonchev–Trinajstić information content (AvgIpc) is 2.19. The quantitative estimate of drug-likeness (QED) is 0.703. The molecule has 0 aliphatic heterocycles. The lowest BCUT2D eigenvalue weighted by atomic mass is 10.2. The maximum atomic E-state index is 8.61. The number of methoxy groups -OCH3 is 1. The topological polar surface area (TPSA) is 50.7 Å². The van der Waals surface area contributed by atoms with Gasteiger partial charge in [0.1, 0.15) is 0 Å². The Morgan fingerprint density at radius 1 is 1.43 bits per heavy atom. The normalized spacial score (nSPS) is 9.93. The minimum atomic E-state index is 0.337. The van der Waals surface area contributed by atoms with Gasteiger partial charge in [0.05, 0.1) is 13.7 Å². The highest BCUT2D eigenvalue weighted by atomic mass is 16.5. The zero-order valence-electron chi connectivity index (χ0n) is 8.41. The minimum absolute atomic E-state index is 0.337. The van der Waals surface area contributed by atoms with Crippen molar-refractivity contribution in [3.63, 3.8) is 0 Å². The van der Waals surface area contributed by atoms with Crippen molar-refractivity contribution in [2.45, 2.75) is 13.5 Å². The Morgan fingerprint density at radius 3 is 2.79 bits per heavy atom. The second-order valence-corrected chi connectivity index (χ2v) is 2.72. The summed E-state index contributed by atoms with van der Waals surface area (Å²) >= 11 is 0. The fraction of sp³-hybridized carbons (Fsp3) is 0.400. The summed E-state index contributed by atoms with van der Waals surface area (Å²) < 4.78 is 10.6. The molecule has 0 fully saturated rings. The molecule has 0 aliphatic rings. The third kappa shape index (κ3) is 2.37. The molecule has 4 nitrogen and oxygen atoms in total. The van der Waals surface area contributed by atoms with E-state index in [0.717, 1.165) is 5.56 Å².